The first-order chi connectivity index (χ1) is 9.05. The Balaban J connectivity index is 2.18. The van der Waals surface area contributed by atoms with Crippen molar-refractivity contribution in [3.63, 3.8) is 0 Å². The topological polar surface area (TPSA) is 12.0 Å². The van der Waals surface area contributed by atoms with Gasteiger partial charge in [0.05, 0.1) is 0 Å². The molecule has 1 unspecified atom stereocenters. The summed E-state index contributed by atoms with van der Waals surface area (Å²) in [5.74, 6) is 0. The summed E-state index contributed by atoms with van der Waals surface area (Å²) in [6, 6.07) is 7.49. The predicted molar refractivity (Wildman–Crippen MR) is 83.7 cm³/mol. The zero-order valence-electron chi connectivity index (χ0n) is 13.1. The van der Waals surface area contributed by atoms with Gasteiger partial charge in [0, 0.05) is 6.04 Å². The second-order valence-electron chi connectivity index (χ2n) is 6.61. The van der Waals surface area contributed by atoms with Gasteiger partial charge in [-0.25, -0.2) is 0 Å². The Bertz CT molecular complexity index is 416. The van der Waals surface area contributed by atoms with Gasteiger partial charge in [-0.3, -0.25) is 0 Å². The van der Waals surface area contributed by atoms with Gasteiger partial charge >= 0.3 is 0 Å². The zero-order valence-corrected chi connectivity index (χ0v) is 13.1. The summed E-state index contributed by atoms with van der Waals surface area (Å²) < 4.78 is 0. The number of hydrogen-bond donors (Lipinski definition) is 1. The van der Waals surface area contributed by atoms with Crippen LogP contribution in [-0.2, 0) is 6.42 Å². The predicted octanol–water partition coefficient (Wildman–Crippen LogP) is 4.40. The van der Waals surface area contributed by atoms with Gasteiger partial charge < -0.3 is 5.32 Å². The Morgan fingerprint density at radius 3 is 2.53 bits per heavy atom. The normalized spacial score (nSPS) is 19.6. The Morgan fingerprint density at radius 2 is 1.89 bits per heavy atom. The maximum Gasteiger partial charge on any atom is 0.0161 e. The summed E-state index contributed by atoms with van der Waals surface area (Å²) in [6.07, 6.45) is 6.76. The van der Waals surface area contributed by atoms with Crippen molar-refractivity contribution in [2.75, 3.05) is 6.54 Å². The number of rotatable bonds is 5. The van der Waals surface area contributed by atoms with Crippen LogP contribution in [0.1, 0.15) is 56.2 Å². The highest BCUT2D eigenvalue weighted by Crippen LogP contribution is 2.41. The van der Waals surface area contributed by atoms with E-state index < -0.39 is 0 Å². The van der Waals surface area contributed by atoms with E-state index >= 15 is 0 Å². The molecule has 106 valence electrons. The molecule has 1 atom stereocenters. The molecule has 1 aromatic rings. The molecule has 1 saturated carbocycles. The van der Waals surface area contributed by atoms with Crippen LogP contribution in [0.5, 0.6) is 0 Å². The van der Waals surface area contributed by atoms with Crippen LogP contribution in [0.3, 0.4) is 0 Å². The molecule has 0 aromatic heterocycles. The molecule has 0 spiro atoms. The van der Waals surface area contributed by atoms with E-state index in [0.717, 1.165) is 6.54 Å². The average molecular weight is 259 g/mol. The second kappa shape index (κ2) is 6.09. The summed E-state index contributed by atoms with van der Waals surface area (Å²) in [6.45, 7) is 10.2. The Hall–Kier alpha value is -0.820. The average Bonchev–Trinajstić information content (AvgIpc) is 2.81. The van der Waals surface area contributed by atoms with E-state index in [1.165, 1.54) is 48.8 Å². The van der Waals surface area contributed by atoms with Crippen molar-refractivity contribution in [1.29, 1.82) is 0 Å². The first-order valence-electron chi connectivity index (χ1n) is 7.84. The Labute approximate surface area is 118 Å². The fraction of sp³-hybridized carbons (Fsp3) is 0.667. The molecule has 0 bridgehead atoms. The van der Waals surface area contributed by atoms with E-state index in [-0.39, 0.29) is 0 Å². The van der Waals surface area contributed by atoms with Crippen molar-refractivity contribution in [1.82, 2.24) is 5.32 Å². The highest BCUT2D eigenvalue weighted by Gasteiger charge is 2.36. The number of aryl methyl sites for hydroxylation is 2. The number of nitrogens with one attached hydrogen (secondary N) is 1. The lowest BCUT2D eigenvalue weighted by Crippen LogP contribution is -2.43. The minimum absolute atomic E-state index is 0.492. The lowest BCUT2D eigenvalue weighted by molar-refractivity contribution is 0.222. The van der Waals surface area contributed by atoms with Crippen LogP contribution in [-0.4, -0.2) is 12.6 Å². The molecule has 1 aliphatic carbocycles. The lowest BCUT2D eigenvalue weighted by atomic mass is 9.77. The van der Waals surface area contributed by atoms with Crippen molar-refractivity contribution < 1.29 is 0 Å². The molecule has 2 rings (SSSR count). The standard InChI is InChI=1S/C18H29N/c1-5-19-17(18(4)10-6-7-11-18)13-16-12-14(2)8-9-15(16)3/h8-9,12,17,19H,5-7,10-11,13H2,1-4H3. The van der Waals surface area contributed by atoms with Crippen molar-refractivity contribution in [3.8, 4) is 0 Å². The Morgan fingerprint density at radius 1 is 1.21 bits per heavy atom. The van der Waals surface area contributed by atoms with Gasteiger partial charge in [0.2, 0.25) is 0 Å². The van der Waals surface area contributed by atoms with Gasteiger partial charge in [-0.15, -0.1) is 0 Å². The van der Waals surface area contributed by atoms with Crippen LogP contribution in [0.4, 0.5) is 0 Å². The molecule has 0 saturated heterocycles. The molecule has 19 heavy (non-hydrogen) atoms. The third-order valence-electron chi connectivity index (χ3n) is 4.97. The molecule has 1 fully saturated rings. The highest BCUT2D eigenvalue weighted by molar-refractivity contribution is 5.31. The first-order valence-corrected chi connectivity index (χ1v) is 7.84. The van der Waals surface area contributed by atoms with Gasteiger partial charge in [-0.1, -0.05) is 50.5 Å². The maximum atomic E-state index is 3.76. The number of likely N-dealkylation sites (N-methyl/N-ethyl adjacent to an activating group) is 1. The lowest BCUT2D eigenvalue weighted by Gasteiger charge is -2.35. The van der Waals surface area contributed by atoms with Gasteiger partial charge in [0.25, 0.3) is 0 Å². The fourth-order valence-electron chi connectivity index (χ4n) is 3.58. The summed E-state index contributed by atoms with van der Waals surface area (Å²) in [4.78, 5) is 0. The van der Waals surface area contributed by atoms with E-state index in [2.05, 4.69) is 51.2 Å². The summed E-state index contributed by atoms with van der Waals surface area (Å²) in [5.41, 5.74) is 4.84. The minimum atomic E-state index is 0.492. The van der Waals surface area contributed by atoms with E-state index in [1.807, 2.05) is 0 Å². The van der Waals surface area contributed by atoms with E-state index in [1.54, 1.807) is 0 Å². The smallest absolute Gasteiger partial charge is 0.0161 e. The fourth-order valence-corrected chi connectivity index (χ4v) is 3.58. The van der Waals surface area contributed by atoms with Crippen LogP contribution in [0.2, 0.25) is 0 Å². The zero-order chi connectivity index (χ0) is 13.9. The molecule has 1 nitrogen and oxygen atoms in total. The molecule has 0 radical (unpaired) electrons. The number of hydrogen-bond acceptors (Lipinski definition) is 1. The quantitative estimate of drug-likeness (QED) is 0.826. The highest BCUT2D eigenvalue weighted by atomic mass is 14.9. The maximum absolute atomic E-state index is 3.76. The van der Waals surface area contributed by atoms with E-state index in [0.29, 0.717) is 11.5 Å². The minimum Gasteiger partial charge on any atom is -0.313 e. The van der Waals surface area contributed by atoms with Crippen LogP contribution in [0.25, 0.3) is 0 Å². The van der Waals surface area contributed by atoms with Crippen LogP contribution in [0, 0.1) is 19.3 Å². The molecular weight excluding hydrogens is 230 g/mol. The van der Waals surface area contributed by atoms with Crippen molar-refractivity contribution in [2.45, 2.75) is 65.8 Å². The molecule has 0 heterocycles. The molecule has 1 N–H and O–H groups in total. The molecule has 1 aromatic carbocycles. The van der Waals surface area contributed by atoms with Crippen LogP contribution in [0.15, 0.2) is 18.2 Å². The first kappa shape index (κ1) is 14.6. The molecule has 0 aliphatic heterocycles. The number of benzene rings is 1. The van der Waals surface area contributed by atoms with Crippen LogP contribution >= 0.6 is 0 Å². The summed E-state index contributed by atoms with van der Waals surface area (Å²) in [7, 11) is 0. The summed E-state index contributed by atoms with van der Waals surface area (Å²) in [5, 5.41) is 3.76. The van der Waals surface area contributed by atoms with Gasteiger partial charge in [-0.05, 0) is 56.2 Å². The van der Waals surface area contributed by atoms with Crippen molar-refractivity contribution in [3.05, 3.63) is 34.9 Å². The monoisotopic (exact) mass is 259 g/mol. The van der Waals surface area contributed by atoms with E-state index in [4.69, 9.17) is 0 Å². The second-order valence-corrected chi connectivity index (χ2v) is 6.61. The van der Waals surface area contributed by atoms with Crippen LogP contribution < -0.4 is 5.32 Å². The van der Waals surface area contributed by atoms with Crippen molar-refractivity contribution >= 4 is 0 Å². The van der Waals surface area contributed by atoms with Crippen molar-refractivity contribution in [2.24, 2.45) is 5.41 Å². The van der Waals surface area contributed by atoms with Gasteiger partial charge in [-0.2, -0.15) is 0 Å². The van der Waals surface area contributed by atoms with Gasteiger partial charge in [0.1, 0.15) is 0 Å². The third-order valence-corrected chi connectivity index (χ3v) is 4.97. The summed E-state index contributed by atoms with van der Waals surface area (Å²) >= 11 is 0. The molecule has 1 aliphatic rings. The SMILES string of the molecule is CCNC(Cc1cc(C)ccc1C)C1(C)CCCC1. The molecule has 1 heteroatoms. The largest absolute Gasteiger partial charge is 0.313 e. The van der Waals surface area contributed by atoms with Gasteiger partial charge in [0.15, 0.2) is 0 Å². The van der Waals surface area contributed by atoms with E-state index in [9.17, 15) is 0 Å². The Kier molecular flexibility index (Phi) is 4.67. The molecular formula is C18H29N. The molecule has 0 amide bonds. The third kappa shape index (κ3) is 3.39.